The minimum absolute atomic E-state index is 0.0128. The molecular formula is C42H72N6O4S2. The van der Waals surface area contributed by atoms with Crippen molar-refractivity contribution in [2.75, 3.05) is 118 Å². The van der Waals surface area contributed by atoms with Gasteiger partial charge in [0.25, 0.3) is 11.8 Å². The van der Waals surface area contributed by atoms with Gasteiger partial charge in [0.05, 0.1) is 24.3 Å². The van der Waals surface area contributed by atoms with Gasteiger partial charge in [-0.25, -0.2) is 0 Å². The molecule has 0 saturated heterocycles. The van der Waals surface area contributed by atoms with Gasteiger partial charge in [-0.2, -0.15) is 0 Å². The Labute approximate surface area is 336 Å². The number of rotatable bonds is 29. The summed E-state index contributed by atoms with van der Waals surface area (Å²) in [6.07, 6.45) is 0. The number of hydrogen-bond donors (Lipinski definition) is 0. The zero-order valence-electron chi connectivity index (χ0n) is 35.3. The van der Waals surface area contributed by atoms with E-state index >= 15 is 0 Å². The summed E-state index contributed by atoms with van der Waals surface area (Å²) < 4.78 is 11.9. The zero-order chi connectivity index (χ0) is 39.9. The summed E-state index contributed by atoms with van der Waals surface area (Å²) in [4.78, 5) is 44.1. The van der Waals surface area contributed by atoms with Crippen LogP contribution in [0.15, 0.2) is 46.2 Å². The van der Waals surface area contributed by atoms with E-state index in [0.717, 1.165) is 88.3 Å². The second-order valence-corrected chi connectivity index (χ2v) is 15.3. The molecule has 2 rings (SSSR count). The molecule has 0 fully saturated rings. The van der Waals surface area contributed by atoms with Gasteiger partial charge in [0.1, 0.15) is 11.5 Å². The predicted octanol–water partition coefficient (Wildman–Crippen LogP) is 7.54. The quantitative estimate of drug-likeness (QED) is 0.0773. The van der Waals surface area contributed by atoms with E-state index < -0.39 is 0 Å². The third-order valence-corrected chi connectivity index (χ3v) is 12.6. The lowest BCUT2D eigenvalue weighted by Gasteiger charge is -2.30. The molecular weight excluding hydrogens is 717 g/mol. The second-order valence-electron chi connectivity index (χ2n) is 13.0. The van der Waals surface area contributed by atoms with Crippen LogP contribution >= 0.6 is 21.6 Å². The summed E-state index contributed by atoms with van der Waals surface area (Å²) in [5.74, 6) is 1.46. The SMILES string of the molecule is CCOc1ccc(C(=O)N(CCN(CC)CC)CCN(CC)CC)c(SSc2cc(OCC)ccc2C(=O)N(CCN(CC)CC)CCN(CC)CC)c1. The summed E-state index contributed by atoms with van der Waals surface area (Å²) in [7, 11) is 3.00. The molecule has 0 unspecified atom stereocenters. The van der Waals surface area contributed by atoms with Gasteiger partial charge in [-0.1, -0.05) is 77.0 Å². The number of hydrogen-bond acceptors (Lipinski definition) is 10. The van der Waals surface area contributed by atoms with Crippen LogP contribution in [0.25, 0.3) is 0 Å². The van der Waals surface area contributed by atoms with Crippen LogP contribution in [0, 0.1) is 0 Å². The molecule has 2 aromatic carbocycles. The van der Waals surface area contributed by atoms with Crippen LogP contribution in [0.3, 0.4) is 0 Å². The smallest absolute Gasteiger partial charge is 0.255 e. The Bertz CT molecular complexity index is 1220. The van der Waals surface area contributed by atoms with Gasteiger partial charge >= 0.3 is 0 Å². The van der Waals surface area contributed by atoms with Crippen LogP contribution in [0.5, 0.6) is 11.5 Å². The fraction of sp³-hybridized carbons (Fsp3) is 0.667. The van der Waals surface area contributed by atoms with Crippen LogP contribution in [-0.2, 0) is 0 Å². The van der Waals surface area contributed by atoms with Crippen molar-refractivity contribution < 1.29 is 19.1 Å². The van der Waals surface area contributed by atoms with Gasteiger partial charge in [-0.3, -0.25) is 9.59 Å². The largest absolute Gasteiger partial charge is 0.494 e. The lowest BCUT2D eigenvalue weighted by molar-refractivity contribution is 0.0707. The number of amides is 2. The van der Waals surface area contributed by atoms with E-state index in [1.165, 1.54) is 21.6 Å². The molecule has 2 amide bonds. The molecule has 0 heterocycles. The van der Waals surface area contributed by atoms with Crippen molar-refractivity contribution in [1.29, 1.82) is 0 Å². The first-order chi connectivity index (χ1) is 26.2. The Morgan fingerprint density at radius 2 is 0.722 bits per heavy atom. The Morgan fingerprint density at radius 1 is 0.444 bits per heavy atom. The van der Waals surface area contributed by atoms with Gasteiger partial charge in [-0.05, 0) is 103 Å². The maximum Gasteiger partial charge on any atom is 0.255 e. The fourth-order valence-electron chi connectivity index (χ4n) is 6.28. The summed E-state index contributed by atoms with van der Waals surface area (Å²) in [6.45, 7) is 35.7. The molecule has 0 radical (unpaired) electrons. The highest BCUT2D eigenvalue weighted by Gasteiger charge is 2.24. The number of carbonyl (C=O) groups excluding carboxylic acids is 2. The first-order valence-corrected chi connectivity index (χ1v) is 22.7. The minimum atomic E-state index is 0.0128. The van der Waals surface area contributed by atoms with Crippen LogP contribution < -0.4 is 9.47 Å². The molecule has 0 atom stereocenters. The van der Waals surface area contributed by atoms with E-state index in [4.69, 9.17) is 9.47 Å². The summed E-state index contributed by atoms with van der Waals surface area (Å²) in [5, 5.41) is 0. The van der Waals surface area contributed by atoms with Crippen LogP contribution in [0.2, 0.25) is 0 Å². The molecule has 54 heavy (non-hydrogen) atoms. The van der Waals surface area contributed by atoms with E-state index in [-0.39, 0.29) is 11.8 Å². The van der Waals surface area contributed by atoms with E-state index in [2.05, 4.69) is 75.0 Å². The summed E-state index contributed by atoms with van der Waals surface area (Å²) >= 11 is 0. The van der Waals surface area contributed by atoms with Crippen molar-refractivity contribution in [1.82, 2.24) is 29.4 Å². The molecule has 2 aromatic rings. The lowest BCUT2D eigenvalue weighted by atomic mass is 10.1. The first-order valence-electron chi connectivity index (χ1n) is 20.5. The Kier molecular flexibility index (Phi) is 24.0. The van der Waals surface area contributed by atoms with E-state index in [0.29, 0.717) is 62.0 Å². The van der Waals surface area contributed by atoms with Gasteiger partial charge in [0, 0.05) is 62.1 Å². The van der Waals surface area contributed by atoms with E-state index in [1.54, 1.807) is 0 Å². The molecule has 0 N–H and O–H groups in total. The minimum Gasteiger partial charge on any atom is -0.494 e. The van der Waals surface area contributed by atoms with Crippen molar-refractivity contribution >= 4 is 33.4 Å². The summed E-state index contributed by atoms with van der Waals surface area (Å²) in [5.41, 5.74) is 1.29. The van der Waals surface area contributed by atoms with Crippen molar-refractivity contribution in [2.45, 2.75) is 79.0 Å². The van der Waals surface area contributed by atoms with Crippen LogP contribution in [0.1, 0.15) is 90.0 Å². The third kappa shape index (κ3) is 15.6. The highest BCUT2D eigenvalue weighted by molar-refractivity contribution is 8.76. The average Bonchev–Trinajstić information content (AvgIpc) is 3.19. The molecule has 0 saturated carbocycles. The average molecular weight is 789 g/mol. The van der Waals surface area contributed by atoms with Crippen molar-refractivity contribution in [3.8, 4) is 11.5 Å². The molecule has 0 aliphatic heterocycles. The van der Waals surface area contributed by atoms with Crippen LogP contribution in [-0.4, -0.2) is 159 Å². The van der Waals surface area contributed by atoms with Crippen molar-refractivity contribution in [3.63, 3.8) is 0 Å². The normalized spacial score (nSPS) is 11.6. The molecule has 0 aromatic heterocycles. The van der Waals surface area contributed by atoms with Gasteiger partial charge in [0.15, 0.2) is 0 Å². The highest BCUT2D eigenvalue weighted by Crippen LogP contribution is 2.43. The van der Waals surface area contributed by atoms with Gasteiger partial charge in [-0.15, -0.1) is 0 Å². The number of likely N-dealkylation sites (N-methyl/N-ethyl adjacent to an activating group) is 4. The number of ether oxygens (including phenoxy) is 2. The lowest BCUT2D eigenvalue weighted by Crippen LogP contribution is -2.43. The molecule has 0 spiro atoms. The van der Waals surface area contributed by atoms with E-state index in [1.807, 2.05) is 60.0 Å². The van der Waals surface area contributed by atoms with Gasteiger partial charge < -0.3 is 38.9 Å². The molecule has 306 valence electrons. The molecule has 12 heteroatoms. The Balaban J connectivity index is 2.55. The Morgan fingerprint density at radius 3 is 0.963 bits per heavy atom. The summed E-state index contributed by atoms with van der Waals surface area (Å²) in [6, 6.07) is 11.5. The number of benzene rings is 2. The molecule has 10 nitrogen and oxygen atoms in total. The highest BCUT2D eigenvalue weighted by atomic mass is 33.1. The first kappa shape index (κ1) is 47.7. The maximum atomic E-state index is 14.5. The van der Waals surface area contributed by atoms with Gasteiger partial charge in [0.2, 0.25) is 0 Å². The monoisotopic (exact) mass is 789 g/mol. The molecule has 0 aliphatic carbocycles. The third-order valence-electron chi connectivity index (χ3n) is 10.1. The fourth-order valence-corrected chi connectivity index (χ4v) is 8.64. The number of nitrogens with zero attached hydrogens (tertiary/aromatic N) is 6. The molecule has 0 bridgehead atoms. The standard InChI is InChI=1S/C42H72N6O4S2/c1-11-43(12-2)25-29-47(30-26-44(13-3)14-4)41(49)37-23-21-35(51-19-9)33-39(37)53-54-40-34-36(52-20-10)22-24-38(40)42(50)48(31-27-45(15-5)16-6)32-28-46(17-7)18-8/h21-24,33-34H,11-20,25-32H2,1-10H3. The van der Waals surface area contributed by atoms with Crippen molar-refractivity contribution in [2.24, 2.45) is 0 Å². The van der Waals surface area contributed by atoms with E-state index in [9.17, 15) is 9.59 Å². The maximum absolute atomic E-state index is 14.5. The zero-order valence-corrected chi connectivity index (χ0v) is 37.0. The van der Waals surface area contributed by atoms with Crippen LogP contribution in [0.4, 0.5) is 0 Å². The second kappa shape index (κ2) is 27.2. The molecule has 0 aliphatic rings. The Hall–Kier alpha value is -2.48. The topological polar surface area (TPSA) is 72.0 Å². The van der Waals surface area contributed by atoms with Crippen molar-refractivity contribution in [3.05, 3.63) is 47.5 Å². The predicted molar refractivity (Wildman–Crippen MR) is 230 cm³/mol. The number of carbonyl (C=O) groups is 2.